The number of benzene rings is 2. The lowest BCUT2D eigenvalue weighted by atomic mass is 10.2. The molecule has 0 radical (unpaired) electrons. The maximum atomic E-state index is 12.0. The Bertz CT molecular complexity index is 1100. The molecule has 0 aliphatic rings. The highest BCUT2D eigenvalue weighted by Gasteiger charge is 2.18. The molecule has 0 bridgehead atoms. The van der Waals surface area contributed by atoms with E-state index < -0.39 is 31.5 Å². The van der Waals surface area contributed by atoms with Crippen LogP contribution >= 0.6 is 23.2 Å². The van der Waals surface area contributed by atoms with E-state index in [4.69, 9.17) is 27.9 Å². The lowest BCUT2D eigenvalue weighted by molar-refractivity contribution is -0.117. The van der Waals surface area contributed by atoms with Gasteiger partial charge >= 0.3 is 0 Å². The number of sulfonamides is 1. The van der Waals surface area contributed by atoms with Gasteiger partial charge in [-0.1, -0.05) is 29.3 Å². The molecule has 7 nitrogen and oxygen atoms in total. The van der Waals surface area contributed by atoms with Crippen LogP contribution in [0.3, 0.4) is 0 Å². The summed E-state index contributed by atoms with van der Waals surface area (Å²) in [7, 11) is -7.38. The van der Waals surface area contributed by atoms with Crippen LogP contribution in [0.25, 0.3) is 0 Å². The Labute approximate surface area is 167 Å². The number of rotatable bonds is 6. The first-order valence-electron chi connectivity index (χ1n) is 7.34. The molecule has 11 heteroatoms. The molecule has 0 saturated carbocycles. The van der Waals surface area contributed by atoms with Crippen molar-refractivity contribution in [1.29, 1.82) is 0 Å². The average molecular weight is 452 g/mol. The number of sulfone groups is 1. The molecule has 0 aromatic heterocycles. The van der Waals surface area contributed by atoms with Crippen molar-refractivity contribution in [2.24, 2.45) is 0 Å². The van der Waals surface area contributed by atoms with Crippen LogP contribution in [-0.2, 0) is 30.4 Å². The predicted octanol–water partition coefficient (Wildman–Crippen LogP) is 3.16. The minimum Gasteiger partial charge on any atom is -0.455 e. The van der Waals surface area contributed by atoms with Crippen molar-refractivity contribution >= 4 is 49.0 Å². The van der Waals surface area contributed by atoms with Gasteiger partial charge in [-0.3, -0.25) is 9.52 Å². The molecule has 1 amide bonds. The van der Waals surface area contributed by atoms with Crippen LogP contribution in [0.15, 0.2) is 41.3 Å². The number of amides is 1. The Kier molecular flexibility index (Phi) is 6.41. The smallest absolute Gasteiger partial charge is 0.239 e. The van der Waals surface area contributed by atoms with Crippen molar-refractivity contribution < 1.29 is 26.4 Å². The molecule has 0 heterocycles. The van der Waals surface area contributed by atoms with Crippen LogP contribution in [0, 0.1) is 0 Å². The van der Waals surface area contributed by atoms with E-state index in [0.29, 0.717) is 0 Å². The fraction of sp³-hybridized carbons (Fsp3) is 0.188. The summed E-state index contributed by atoms with van der Waals surface area (Å²) >= 11 is 12.0. The molecule has 2 rings (SSSR count). The molecule has 2 aromatic carbocycles. The molecular weight excluding hydrogens is 437 g/mol. The van der Waals surface area contributed by atoms with E-state index in [1.165, 1.54) is 36.4 Å². The molecule has 0 aliphatic carbocycles. The van der Waals surface area contributed by atoms with Crippen molar-refractivity contribution in [2.45, 2.75) is 17.6 Å². The fourth-order valence-corrected chi connectivity index (χ4v) is 4.37. The third kappa shape index (κ3) is 6.10. The zero-order valence-corrected chi connectivity index (χ0v) is 17.3. The Morgan fingerprint density at radius 3 is 2.26 bits per heavy atom. The van der Waals surface area contributed by atoms with Gasteiger partial charge in [0.25, 0.3) is 0 Å². The molecule has 1 N–H and O–H groups in total. The van der Waals surface area contributed by atoms with Gasteiger partial charge in [-0.15, -0.1) is 0 Å². The molecule has 146 valence electrons. The van der Waals surface area contributed by atoms with E-state index in [9.17, 15) is 21.6 Å². The van der Waals surface area contributed by atoms with E-state index in [1.807, 2.05) is 4.72 Å². The molecule has 0 spiro atoms. The maximum Gasteiger partial charge on any atom is 0.239 e. The number of nitrogens with one attached hydrogen (secondary N) is 1. The maximum absolute atomic E-state index is 12.0. The SMILES string of the molecule is CC(=O)NS(=O)(=O)Cc1ccc(Cl)cc1Oc1ccc(S(C)(=O)=O)cc1Cl. The number of ether oxygens (including phenoxy) is 1. The fourth-order valence-electron chi connectivity index (χ4n) is 2.12. The number of halogens is 2. The lowest BCUT2D eigenvalue weighted by Crippen LogP contribution is -2.29. The zero-order chi connectivity index (χ0) is 20.4. The van der Waals surface area contributed by atoms with Crippen LogP contribution < -0.4 is 9.46 Å². The largest absolute Gasteiger partial charge is 0.455 e. The molecule has 0 unspecified atom stereocenters. The quantitative estimate of drug-likeness (QED) is 0.722. The number of carbonyl (C=O) groups excluding carboxylic acids is 1. The first-order valence-corrected chi connectivity index (χ1v) is 11.6. The van der Waals surface area contributed by atoms with Gasteiger partial charge in [0.05, 0.1) is 15.7 Å². The van der Waals surface area contributed by atoms with Gasteiger partial charge in [-0.05, 0) is 30.3 Å². The second-order valence-corrected chi connectivity index (χ2v) is 10.2. The molecule has 27 heavy (non-hydrogen) atoms. The van der Waals surface area contributed by atoms with Crippen LogP contribution in [0.5, 0.6) is 11.5 Å². The first kappa shape index (κ1) is 21.5. The molecular formula is C16H15Cl2NO6S2. The van der Waals surface area contributed by atoms with Crippen LogP contribution in [-0.4, -0.2) is 29.0 Å². The van der Waals surface area contributed by atoms with Crippen molar-refractivity contribution in [1.82, 2.24) is 4.72 Å². The van der Waals surface area contributed by atoms with E-state index in [0.717, 1.165) is 13.2 Å². The summed E-state index contributed by atoms with van der Waals surface area (Å²) in [5, 5.41) is 0.308. The third-order valence-electron chi connectivity index (χ3n) is 3.23. The van der Waals surface area contributed by atoms with Crippen molar-refractivity contribution in [3.8, 4) is 11.5 Å². The van der Waals surface area contributed by atoms with Crippen molar-refractivity contribution in [3.05, 3.63) is 52.0 Å². The highest BCUT2D eigenvalue weighted by molar-refractivity contribution is 7.90. The minimum atomic E-state index is -3.93. The van der Waals surface area contributed by atoms with Gasteiger partial charge in [-0.2, -0.15) is 0 Å². The van der Waals surface area contributed by atoms with Crippen molar-refractivity contribution in [2.75, 3.05) is 6.26 Å². The second-order valence-electron chi connectivity index (χ2n) is 5.64. The van der Waals surface area contributed by atoms with E-state index in [-0.39, 0.29) is 32.0 Å². The Hall–Kier alpha value is -1.81. The molecule has 0 aliphatic heterocycles. The number of hydrogen-bond donors (Lipinski definition) is 1. The molecule has 2 aromatic rings. The first-order chi connectivity index (χ1) is 12.4. The predicted molar refractivity (Wildman–Crippen MR) is 103 cm³/mol. The molecule has 0 fully saturated rings. The Balaban J connectivity index is 2.39. The van der Waals surface area contributed by atoms with Gasteiger partial charge in [0, 0.05) is 23.8 Å². The summed E-state index contributed by atoms with van der Waals surface area (Å²) in [6.45, 7) is 1.08. The average Bonchev–Trinajstić information content (AvgIpc) is 2.49. The lowest BCUT2D eigenvalue weighted by Gasteiger charge is -2.14. The summed E-state index contributed by atoms with van der Waals surface area (Å²) in [5.41, 5.74) is 0.233. The normalized spacial score (nSPS) is 11.9. The highest BCUT2D eigenvalue weighted by atomic mass is 35.5. The van der Waals surface area contributed by atoms with Gasteiger partial charge in [-0.25, -0.2) is 16.8 Å². The Morgan fingerprint density at radius 2 is 1.70 bits per heavy atom. The number of hydrogen-bond acceptors (Lipinski definition) is 6. The van der Waals surface area contributed by atoms with Gasteiger partial charge in [0.2, 0.25) is 15.9 Å². The van der Waals surface area contributed by atoms with Gasteiger partial charge in [0.15, 0.2) is 9.84 Å². The molecule has 0 saturated heterocycles. The topological polar surface area (TPSA) is 107 Å². The Morgan fingerprint density at radius 1 is 1.04 bits per heavy atom. The van der Waals surface area contributed by atoms with Crippen LogP contribution in [0.1, 0.15) is 12.5 Å². The summed E-state index contributed by atoms with van der Waals surface area (Å²) in [5.74, 6) is -1.03. The zero-order valence-electron chi connectivity index (χ0n) is 14.2. The van der Waals surface area contributed by atoms with E-state index in [2.05, 4.69) is 0 Å². The standard InChI is InChI=1S/C16H15Cl2NO6S2/c1-10(20)19-27(23,24)9-11-3-4-12(17)7-16(11)25-15-6-5-13(8-14(15)18)26(2,21)22/h3-8H,9H2,1-2H3,(H,19,20). The van der Waals surface area contributed by atoms with Crippen LogP contribution in [0.2, 0.25) is 10.0 Å². The van der Waals surface area contributed by atoms with E-state index in [1.54, 1.807) is 0 Å². The van der Waals surface area contributed by atoms with Crippen LogP contribution in [0.4, 0.5) is 0 Å². The highest BCUT2D eigenvalue weighted by Crippen LogP contribution is 2.34. The molecule has 0 atom stereocenters. The second kappa shape index (κ2) is 8.05. The number of carbonyl (C=O) groups is 1. The summed E-state index contributed by atoms with van der Waals surface area (Å²) in [4.78, 5) is 11.0. The van der Waals surface area contributed by atoms with Gasteiger partial charge < -0.3 is 4.74 Å². The summed E-state index contributed by atoms with van der Waals surface area (Å²) < 4.78 is 54.7. The third-order valence-corrected chi connectivity index (χ3v) is 6.16. The monoisotopic (exact) mass is 451 g/mol. The van der Waals surface area contributed by atoms with E-state index >= 15 is 0 Å². The van der Waals surface area contributed by atoms with Gasteiger partial charge in [0.1, 0.15) is 11.5 Å². The summed E-state index contributed by atoms with van der Waals surface area (Å²) in [6, 6.07) is 8.20. The van der Waals surface area contributed by atoms with Crippen molar-refractivity contribution in [3.63, 3.8) is 0 Å². The summed E-state index contributed by atoms with van der Waals surface area (Å²) in [6.07, 6.45) is 1.04. The minimum absolute atomic E-state index is 0.0133.